The maximum absolute atomic E-state index is 6.32. The van der Waals surface area contributed by atoms with Gasteiger partial charge in [0.1, 0.15) is 11.2 Å². The molecule has 0 spiro atoms. The Kier molecular flexibility index (Phi) is 3.44. The molecule has 0 aliphatic heterocycles. The number of hydrogen-bond donors (Lipinski definition) is 0. The molecule has 3 nitrogen and oxygen atoms in total. The molecule has 4 heterocycles. The summed E-state index contributed by atoms with van der Waals surface area (Å²) in [4.78, 5) is 0. The van der Waals surface area contributed by atoms with Gasteiger partial charge in [-0.3, -0.25) is 0 Å². The predicted octanol–water partition coefficient (Wildman–Crippen LogP) is 9.83. The maximum Gasteiger partial charge on any atom is 0.137 e. The number of fused-ring (bicyclic) bond motifs is 13. The molecule has 0 N–H and O–H groups in total. The normalized spacial score (nSPS) is 12.6. The van der Waals surface area contributed by atoms with Gasteiger partial charge in [0.15, 0.2) is 0 Å². The Bertz CT molecular complexity index is 2610. The van der Waals surface area contributed by atoms with Crippen molar-refractivity contribution in [2.45, 2.75) is 0 Å². The third-order valence-corrected chi connectivity index (χ3v) is 8.64. The Morgan fingerprint density at radius 2 is 1.05 bits per heavy atom. The highest BCUT2D eigenvalue weighted by Crippen LogP contribution is 2.44. The van der Waals surface area contributed by atoms with Gasteiger partial charge < -0.3 is 13.4 Å². The van der Waals surface area contributed by atoms with Crippen LogP contribution in [0.2, 0.25) is 0 Å². The van der Waals surface area contributed by atoms with Crippen LogP contribution in [0.5, 0.6) is 0 Å². The summed E-state index contributed by atoms with van der Waals surface area (Å²) >= 11 is 0. The molecule has 0 unspecified atom stereocenters. The SMILES string of the molecule is c1ccc2c(c1)oc1cc(-n3c4ccccc4c4ccc5c(c6cccc7c8ccccc8n5c76)c43)ccc12. The van der Waals surface area contributed by atoms with E-state index in [-0.39, 0.29) is 0 Å². The quantitative estimate of drug-likeness (QED) is 0.222. The van der Waals surface area contributed by atoms with E-state index < -0.39 is 0 Å². The molecule has 10 rings (SSSR count). The fourth-order valence-corrected chi connectivity index (χ4v) is 7.09. The molecule has 0 saturated heterocycles. The summed E-state index contributed by atoms with van der Waals surface area (Å²) in [5.74, 6) is 0. The van der Waals surface area contributed by atoms with Gasteiger partial charge in [-0.2, -0.15) is 0 Å². The van der Waals surface area contributed by atoms with Crippen molar-refractivity contribution >= 4 is 81.8 Å². The molecule has 10 aromatic rings. The summed E-state index contributed by atoms with van der Waals surface area (Å²) in [5.41, 5.74) is 9.17. The van der Waals surface area contributed by atoms with E-state index in [9.17, 15) is 0 Å². The number of nitrogens with zero attached hydrogens (tertiary/aromatic N) is 2. The lowest BCUT2D eigenvalue weighted by molar-refractivity contribution is 0.668. The van der Waals surface area contributed by atoms with E-state index in [1.54, 1.807) is 0 Å². The highest BCUT2D eigenvalue weighted by atomic mass is 16.3. The second kappa shape index (κ2) is 6.77. The molecule has 0 fully saturated rings. The Morgan fingerprint density at radius 1 is 0.410 bits per heavy atom. The minimum absolute atomic E-state index is 0.909. The molecule has 6 aromatic carbocycles. The molecule has 3 heteroatoms. The molecule has 180 valence electrons. The Labute approximate surface area is 222 Å². The van der Waals surface area contributed by atoms with Gasteiger partial charge in [0.25, 0.3) is 0 Å². The summed E-state index contributed by atoms with van der Waals surface area (Å²) in [6.45, 7) is 0. The zero-order valence-corrected chi connectivity index (χ0v) is 20.8. The van der Waals surface area contributed by atoms with E-state index in [1.165, 1.54) is 59.9 Å². The van der Waals surface area contributed by atoms with Crippen LogP contribution >= 0.6 is 0 Å². The molecule has 0 aliphatic carbocycles. The Morgan fingerprint density at radius 3 is 1.95 bits per heavy atom. The second-order valence-corrected chi connectivity index (χ2v) is 10.5. The van der Waals surface area contributed by atoms with Crippen LogP contribution in [0.1, 0.15) is 0 Å². The van der Waals surface area contributed by atoms with Crippen molar-refractivity contribution in [1.29, 1.82) is 0 Å². The number of furan rings is 1. The first kappa shape index (κ1) is 19.8. The third kappa shape index (κ3) is 2.31. The lowest BCUT2D eigenvalue weighted by Gasteiger charge is -2.09. The molecular formula is C36H20N2O. The minimum atomic E-state index is 0.909. The highest BCUT2D eigenvalue weighted by Gasteiger charge is 2.22. The minimum Gasteiger partial charge on any atom is -0.456 e. The van der Waals surface area contributed by atoms with Crippen LogP contribution in [0.25, 0.3) is 87.5 Å². The highest BCUT2D eigenvalue weighted by molar-refractivity contribution is 6.31. The lowest BCUT2D eigenvalue weighted by Crippen LogP contribution is -1.94. The van der Waals surface area contributed by atoms with Crippen molar-refractivity contribution in [2.24, 2.45) is 0 Å². The summed E-state index contributed by atoms with van der Waals surface area (Å²) in [5, 5.41) is 10.0. The molecule has 39 heavy (non-hydrogen) atoms. The van der Waals surface area contributed by atoms with E-state index in [0.29, 0.717) is 0 Å². The van der Waals surface area contributed by atoms with Gasteiger partial charge in [-0.05, 0) is 36.4 Å². The van der Waals surface area contributed by atoms with Crippen LogP contribution in [0, 0.1) is 0 Å². The van der Waals surface area contributed by atoms with E-state index in [4.69, 9.17) is 4.42 Å². The molecule has 0 radical (unpaired) electrons. The Balaban J connectivity index is 1.43. The van der Waals surface area contributed by atoms with Crippen LogP contribution in [0.15, 0.2) is 126 Å². The van der Waals surface area contributed by atoms with Crippen LogP contribution in [0.3, 0.4) is 0 Å². The van der Waals surface area contributed by atoms with Crippen LogP contribution in [-0.4, -0.2) is 8.97 Å². The number of benzene rings is 6. The zero-order valence-electron chi connectivity index (χ0n) is 20.8. The summed E-state index contributed by atoms with van der Waals surface area (Å²) in [7, 11) is 0. The largest absolute Gasteiger partial charge is 0.456 e. The van der Waals surface area contributed by atoms with Crippen molar-refractivity contribution in [1.82, 2.24) is 8.97 Å². The molecule has 0 aliphatic rings. The lowest BCUT2D eigenvalue weighted by atomic mass is 10.1. The third-order valence-electron chi connectivity index (χ3n) is 8.64. The zero-order chi connectivity index (χ0) is 25.2. The van der Waals surface area contributed by atoms with E-state index >= 15 is 0 Å². The first-order chi connectivity index (χ1) is 19.4. The van der Waals surface area contributed by atoms with Crippen molar-refractivity contribution in [2.75, 3.05) is 0 Å². The number of aromatic nitrogens is 2. The van der Waals surface area contributed by atoms with Crippen molar-refractivity contribution in [3.8, 4) is 5.69 Å². The van der Waals surface area contributed by atoms with Crippen molar-refractivity contribution < 1.29 is 4.42 Å². The van der Waals surface area contributed by atoms with E-state index in [2.05, 4.69) is 118 Å². The second-order valence-electron chi connectivity index (χ2n) is 10.5. The van der Waals surface area contributed by atoms with Crippen LogP contribution < -0.4 is 0 Å². The average molecular weight is 497 g/mol. The average Bonchev–Trinajstić information content (AvgIpc) is 3.71. The van der Waals surface area contributed by atoms with Crippen molar-refractivity contribution in [3.63, 3.8) is 0 Å². The fourth-order valence-electron chi connectivity index (χ4n) is 7.09. The van der Waals surface area contributed by atoms with Crippen LogP contribution in [0.4, 0.5) is 0 Å². The van der Waals surface area contributed by atoms with Gasteiger partial charge in [0.05, 0.1) is 27.6 Å². The van der Waals surface area contributed by atoms with Gasteiger partial charge in [-0.15, -0.1) is 0 Å². The number of rotatable bonds is 1. The first-order valence-corrected chi connectivity index (χ1v) is 13.4. The smallest absolute Gasteiger partial charge is 0.137 e. The number of hydrogen-bond acceptors (Lipinski definition) is 1. The molecule has 0 bridgehead atoms. The fraction of sp³-hybridized carbons (Fsp3) is 0. The van der Waals surface area contributed by atoms with E-state index in [1.807, 2.05) is 12.1 Å². The molecule has 0 amide bonds. The summed E-state index contributed by atoms with van der Waals surface area (Å²) < 4.78 is 11.2. The van der Waals surface area contributed by atoms with Crippen molar-refractivity contribution in [3.05, 3.63) is 121 Å². The van der Waals surface area contributed by atoms with Crippen LogP contribution in [-0.2, 0) is 0 Å². The number of para-hydroxylation sites is 4. The first-order valence-electron chi connectivity index (χ1n) is 13.4. The molecular weight excluding hydrogens is 476 g/mol. The van der Waals surface area contributed by atoms with Gasteiger partial charge in [0.2, 0.25) is 0 Å². The monoisotopic (exact) mass is 496 g/mol. The van der Waals surface area contributed by atoms with Gasteiger partial charge >= 0.3 is 0 Å². The molecule has 4 aromatic heterocycles. The molecule has 0 saturated carbocycles. The summed E-state index contributed by atoms with van der Waals surface area (Å²) in [6, 6.07) is 43.8. The maximum atomic E-state index is 6.32. The molecule has 0 atom stereocenters. The topological polar surface area (TPSA) is 22.5 Å². The van der Waals surface area contributed by atoms with Gasteiger partial charge in [-0.25, -0.2) is 0 Å². The summed E-state index contributed by atoms with van der Waals surface area (Å²) in [6.07, 6.45) is 0. The Hall–Kier alpha value is -5.28. The van der Waals surface area contributed by atoms with Gasteiger partial charge in [0, 0.05) is 54.8 Å². The standard InChI is InChI=1S/C36H20N2O/c1-4-13-29-23(9-1)27-18-19-31-34(28-12-7-11-26-22-8-2-5-14-30(22)38(31)35(26)28)36(27)37(29)21-16-17-25-24-10-3-6-15-32(24)39-33(25)20-21/h1-20H. The van der Waals surface area contributed by atoms with Gasteiger partial charge in [-0.1, -0.05) is 78.9 Å². The van der Waals surface area contributed by atoms with E-state index in [0.717, 1.165) is 27.6 Å². The predicted molar refractivity (Wildman–Crippen MR) is 163 cm³/mol.